The average molecular weight is 360 g/mol. The quantitative estimate of drug-likeness (QED) is 0.832. The highest BCUT2D eigenvalue weighted by Gasteiger charge is 2.19. The molecule has 1 aliphatic heterocycles. The second-order valence-electron chi connectivity index (χ2n) is 4.14. The molecular formula is C13H16Br2N2. The van der Waals surface area contributed by atoms with Gasteiger partial charge in [0.25, 0.3) is 0 Å². The summed E-state index contributed by atoms with van der Waals surface area (Å²) in [5.74, 6) is 0. The Bertz CT molecular complexity index is 400. The average Bonchev–Trinajstić information content (AvgIpc) is 2.36. The lowest BCUT2D eigenvalue weighted by Crippen LogP contribution is -2.44. The van der Waals surface area contributed by atoms with Crippen molar-refractivity contribution in [1.82, 2.24) is 10.2 Å². The molecule has 17 heavy (non-hydrogen) atoms. The van der Waals surface area contributed by atoms with Crippen LogP contribution in [-0.2, 0) is 0 Å². The van der Waals surface area contributed by atoms with E-state index in [9.17, 15) is 0 Å². The summed E-state index contributed by atoms with van der Waals surface area (Å²) in [5, 5.41) is 3.37. The lowest BCUT2D eigenvalue weighted by molar-refractivity contribution is 0.203. The van der Waals surface area contributed by atoms with Crippen LogP contribution < -0.4 is 5.32 Å². The van der Waals surface area contributed by atoms with Gasteiger partial charge in [-0.2, -0.15) is 0 Å². The third kappa shape index (κ3) is 3.19. The van der Waals surface area contributed by atoms with Gasteiger partial charge in [0, 0.05) is 35.1 Å². The summed E-state index contributed by atoms with van der Waals surface area (Å²) in [6.45, 7) is 8.24. The van der Waals surface area contributed by atoms with Crippen molar-refractivity contribution in [3.63, 3.8) is 0 Å². The van der Waals surface area contributed by atoms with Gasteiger partial charge in [0.05, 0.1) is 6.04 Å². The van der Waals surface area contributed by atoms with E-state index in [1.54, 1.807) is 0 Å². The largest absolute Gasteiger partial charge is 0.314 e. The second kappa shape index (κ2) is 6.14. The van der Waals surface area contributed by atoms with Gasteiger partial charge in [0.1, 0.15) is 0 Å². The molecule has 4 heteroatoms. The molecule has 1 fully saturated rings. The molecule has 2 rings (SSSR count). The smallest absolute Gasteiger partial charge is 0.0530 e. The summed E-state index contributed by atoms with van der Waals surface area (Å²) in [6.07, 6.45) is 2.03. The molecule has 0 aliphatic carbocycles. The zero-order chi connectivity index (χ0) is 12.3. The van der Waals surface area contributed by atoms with Gasteiger partial charge in [-0.3, -0.25) is 4.90 Å². The van der Waals surface area contributed by atoms with Crippen molar-refractivity contribution >= 4 is 31.9 Å². The Labute approximate surface area is 119 Å². The van der Waals surface area contributed by atoms with Gasteiger partial charge in [-0.15, -0.1) is 6.58 Å². The Morgan fingerprint density at radius 1 is 1.24 bits per heavy atom. The van der Waals surface area contributed by atoms with Crippen LogP contribution in [0.3, 0.4) is 0 Å². The van der Waals surface area contributed by atoms with Gasteiger partial charge in [-0.1, -0.05) is 12.1 Å². The van der Waals surface area contributed by atoms with E-state index < -0.39 is 0 Å². The highest BCUT2D eigenvalue weighted by atomic mass is 79.9. The molecule has 1 aromatic carbocycles. The van der Waals surface area contributed by atoms with E-state index in [2.05, 4.69) is 66.9 Å². The first-order valence-electron chi connectivity index (χ1n) is 5.74. The highest BCUT2D eigenvalue weighted by Crippen LogP contribution is 2.29. The summed E-state index contributed by atoms with van der Waals surface area (Å²) in [5.41, 5.74) is 1.29. The number of rotatable bonds is 3. The van der Waals surface area contributed by atoms with Crippen LogP contribution in [0, 0.1) is 0 Å². The van der Waals surface area contributed by atoms with Crippen molar-refractivity contribution in [1.29, 1.82) is 0 Å². The predicted molar refractivity (Wildman–Crippen MR) is 79.2 cm³/mol. The summed E-state index contributed by atoms with van der Waals surface area (Å²) >= 11 is 7.06. The lowest BCUT2D eigenvalue weighted by Gasteiger charge is -2.33. The fraction of sp³-hybridized carbons (Fsp3) is 0.385. The molecule has 1 heterocycles. The van der Waals surface area contributed by atoms with Crippen LogP contribution in [-0.4, -0.2) is 31.1 Å². The van der Waals surface area contributed by atoms with Crippen LogP contribution in [0.25, 0.3) is 0 Å². The van der Waals surface area contributed by atoms with Crippen LogP contribution in [0.4, 0.5) is 0 Å². The van der Waals surface area contributed by atoms with Crippen molar-refractivity contribution in [3.8, 4) is 0 Å². The molecule has 1 aromatic rings. The standard InChI is InChI=1S/C13H16Br2N2/c1-2-13(17-7-5-16-6-8-17)10-3-4-11(14)12(15)9-10/h2-4,9,13,16H,1,5-8H2/t13-/m0/s1. The Morgan fingerprint density at radius 3 is 2.53 bits per heavy atom. The van der Waals surface area contributed by atoms with Crippen molar-refractivity contribution in [2.24, 2.45) is 0 Å². The third-order valence-corrected chi connectivity index (χ3v) is 4.93. The SMILES string of the molecule is C=C[C@@H](c1ccc(Br)c(Br)c1)N1CCNCC1. The zero-order valence-corrected chi connectivity index (χ0v) is 12.8. The number of nitrogens with zero attached hydrogens (tertiary/aromatic N) is 1. The molecule has 0 saturated carbocycles. The molecule has 92 valence electrons. The Morgan fingerprint density at radius 2 is 1.94 bits per heavy atom. The molecule has 0 bridgehead atoms. The Balaban J connectivity index is 2.21. The van der Waals surface area contributed by atoms with Crippen LogP contribution in [0.5, 0.6) is 0 Å². The minimum atomic E-state index is 0.307. The molecule has 0 amide bonds. The predicted octanol–water partition coefficient (Wildman–Crippen LogP) is 3.34. The monoisotopic (exact) mass is 358 g/mol. The van der Waals surface area contributed by atoms with Gasteiger partial charge < -0.3 is 5.32 Å². The summed E-state index contributed by atoms with van der Waals surface area (Å²) < 4.78 is 2.18. The van der Waals surface area contributed by atoms with Crippen LogP contribution in [0.15, 0.2) is 39.8 Å². The first-order valence-corrected chi connectivity index (χ1v) is 7.33. The Kier molecular flexibility index (Phi) is 4.79. The molecule has 2 nitrogen and oxygen atoms in total. The van der Waals surface area contributed by atoms with E-state index >= 15 is 0 Å². The van der Waals surface area contributed by atoms with E-state index in [0.29, 0.717) is 6.04 Å². The maximum absolute atomic E-state index is 3.98. The minimum Gasteiger partial charge on any atom is -0.314 e. The molecule has 1 saturated heterocycles. The summed E-state index contributed by atoms with van der Waals surface area (Å²) in [7, 11) is 0. The molecule has 0 unspecified atom stereocenters. The number of halogens is 2. The molecule has 0 radical (unpaired) electrons. The fourth-order valence-electron chi connectivity index (χ4n) is 2.15. The van der Waals surface area contributed by atoms with Crippen molar-refractivity contribution < 1.29 is 0 Å². The van der Waals surface area contributed by atoms with Gasteiger partial charge >= 0.3 is 0 Å². The Hall–Kier alpha value is -0.160. The highest BCUT2D eigenvalue weighted by molar-refractivity contribution is 9.13. The number of hydrogen-bond acceptors (Lipinski definition) is 2. The van der Waals surface area contributed by atoms with E-state index in [-0.39, 0.29) is 0 Å². The van der Waals surface area contributed by atoms with Crippen LogP contribution in [0.1, 0.15) is 11.6 Å². The topological polar surface area (TPSA) is 15.3 Å². The van der Waals surface area contributed by atoms with Crippen molar-refractivity contribution in [2.75, 3.05) is 26.2 Å². The summed E-state index contributed by atoms with van der Waals surface area (Å²) in [4.78, 5) is 2.46. The number of benzene rings is 1. The minimum absolute atomic E-state index is 0.307. The van der Waals surface area contributed by atoms with Crippen molar-refractivity contribution in [2.45, 2.75) is 6.04 Å². The molecule has 0 spiro atoms. The van der Waals surface area contributed by atoms with E-state index in [1.807, 2.05) is 6.08 Å². The third-order valence-electron chi connectivity index (χ3n) is 3.05. The van der Waals surface area contributed by atoms with E-state index in [1.165, 1.54) is 5.56 Å². The molecule has 0 aromatic heterocycles. The van der Waals surface area contributed by atoms with Crippen LogP contribution >= 0.6 is 31.9 Å². The molecule has 1 atom stereocenters. The first-order chi connectivity index (χ1) is 8.22. The maximum Gasteiger partial charge on any atom is 0.0530 e. The van der Waals surface area contributed by atoms with Crippen molar-refractivity contribution in [3.05, 3.63) is 45.4 Å². The molecule has 1 N–H and O–H groups in total. The number of hydrogen-bond donors (Lipinski definition) is 1. The molecule has 1 aliphatic rings. The number of nitrogens with one attached hydrogen (secondary N) is 1. The zero-order valence-electron chi connectivity index (χ0n) is 9.63. The second-order valence-corrected chi connectivity index (χ2v) is 5.85. The van der Waals surface area contributed by atoms with Gasteiger partial charge in [0.15, 0.2) is 0 Å². The lowest BCUT2D eigenvalue weighted by atomic mass is 10.0. The van der Waals surface area contributed by atoms with Gasteiger partial charge in [0.2, 0.25) is 0 Å². The van der Waals surface area contributed by atoms with Gasteiger partial charge in [-0.05, 0) is 49.6 Å². The van der Waals surface area contributed by atoms with Crippen LogP contribution in [0.2, 0.25) is 0 Å². The fourth-order valence-corrected chi connectivity index (χ4v) is 2.80. The maximum atomic E-state index is 3.98. The number of piperazine rings is 1. The van der Waals surface area contributed by atoms with E-state index in [0.717, 1.165) is 35.1 Å². The van der Waals surface area contributed by atoms with E-state index in [4.69, 9.17) is 0 Å². The van der Waals surface area contributed by atoms with Gasteiger partial charge in [-0.25, -0.2) is 0 Å². The molecular weight excluding hydrogens is 344 g/mol. The summed E-state index contributed by atoms with van der Waals surface area (Å²) in [6, 6.07) is 6.71. The normalized spacial score (nSPS) is 18.9. The first kappa shape index (κ1) is 13.3.